The van der Waals surface area contributed by atoms with Crippen molar-refractivity contribution in [3.63, 3.8) is 0 Å². The molecule has 2 N–H and O–H groups in total. The van der Waals surface area contributed by atoms with Crippen LogP contribution in [0.4, 0.5) is 16.2 Å². The molecule has 0 saturated carbocycles. The highest BCUT2D eigenvalue weighted by atomic mass is 35.5. The van der Waals surface area contributed by atoms with Crippen LogP contribution in [0.25, 0.3) is 10.9 Å². The van der Waals surface area contributed by atoms with E-state index in [1.54, 1.807) is 37.5 Å². The van der Waals surface area contributed by atoms with Gasteiger partial charge in [-0.2, -0.15) is 0 Å². The maximum absolute atomic E-state index is 12.7. The fourth-order valence-electron chi connectivity index (χ4n) is 3.49. The maximum Gasteiger partial charge on any atom is 0.319 e. The molecule has 0 spiro atoms. The Bertz CT molecular complexity index is 1420. The first-order valence-corrected chi connectivity index (χ1v) is 11.8. The van der Waals surface area contributed by atoms with E-state index < -0.39 is 6.03 Å². The first-order valence-electron chi connectivity index (χ1n) is 11.0. The maximum atomic E-state index is 12.7. The van der Waals surface area contributed by atoms with Crippen LogP contribution >= 0.6 is 48.0 Å². The highest BCUT2D eigenvalue weighted by molar-refractivity contribution is 6.38. The van der Waals surface area contributed by atoms with E-state index in [9.17, 15) is 9.59 Å². The van der Waals surface area contributed by atoms with E-state index in [0.717, 1.165) is 16.6 Å². The Morgan fingerprint density at radius 3 is 2.55 bits per heavy atom. The van der Waals surface area contributed by atoms with Crippen LogP contribution in [0.1, 0.15) is 11.3 Å². The van der Waals surface area contributed by atoms with E-state index in [1.807, 2.05) is 37.3 Å². The zero-order valence-corrected chi connectivity index (χ0v) is 23.5. The summed E-state index contributed by atoms with van der Waals surface area (Å²) in [6, 6.07) is 15.8. The van der Waals surface area contributed by atoms with E-state index in [2.05, 4.69) is 20.6 Å². The van der Waals surface area contributed by atoms with E-state index in [1.165, 1.54) is 11.1 Å². The lowest BCUT2D eigenvalue weighted by Crippen LogP contribution is -2.40. The summed E-state index contributed by atoms with van der Waals surface area (Å²) in [5, 5.41) is 6.77. The summed E-state index contributed by atoms with van der Waals surface area (Å²) in [5.74, 6) is 0.237. The third-order valence-electron chi connectivity index (χ3n) is 5.46. The van der Waals surface area contributed by atoms with Crippen LogP contribution in [0.15, 0.2) is 67.0 Å². The van der Waals surface area contributed by atoms with Crippen molar-refractivity contribution in [3.8, 4) is 5.75 Å². The van der Waals surface area contributed by atoms with Gasteiger partial charge in [-0.25, -0.2) is 9.78 Å². The van der Waals surface area contributed by atoms with Gasteiger partial charge in [-0.05, 0) is 43.3 Å². The number of benzene rings is 2. The summed E-state index contributed by atoms with van der Waals surface area (Å²) >= 11 is 13.1. The molecule has 200 valence electrons. The number of hydrogen-bond donors (Lipinski definition) is 2. The second-order valence-corrected chi connectivity index (χ2v) is 8.70. The Labute approximate surface area is 242 Å². The number of aryl methyl sites for hydroxylation is 1. The normalized spacial score (nSPS) is 10.1. The summed E-state index contributed by atoms with van der Waals surface area (Å²) in [6.07, 6.45) is 3.09. The minimum atomic E-state index is -0.527. The number of anilines is 2. The van der Waals surface area contributed by atoms with E-state index in [0.29, 0.717) is 27.7 Å². The monoisotopic (exact) mass is 595 g/mol. The lowest BCUT2D eigenvalue weighted by molar-refractivity contribution is -0.117. The highest BCUT2D eigenvalue weighted by Crippen LogP contribution is 2.35. The number of ether oxygens (including phenoxy) is 1. The van der Waals surface area contributed by atoms with Crippen LogP contribution in [-0.2, 0) is 11.4 Å². The molecule has 38 heavy (non-hydrogen) atoms. The van der Waals surface area contributed by atoms with Gasteiger partial charge in [0.1, 0.15) is 12.4 Å². The summed E-state index contributed by atoms with van der Waals surface area (Å²) in [4.78, 5) is 34.7. The van der Waals surface area contributed by atoms with Crippen molar-refractivity contribution in [1.29, 1.82) is 0 Å². The van der Waals surface area contributed by atoms with Gasteiger partial charge in [0.25, 0.3) is 0 Å². The summed E-state index contributed by atoms with van der Waals surface area (Å²) in [7, 11) is 1.57. The fraction of sp³-hybridized carbons (Fsp3) is 0.154. The Hall–Kier alpha value is -3.30. The Kier molecular flexibility index (Phi) is 11.4. The number of pyridine rings is 2. The number of nitrogens with one attached hydrogen (secondary N) is 2. The van der Waals surface area contributed by atoms with Gasteiger partial charge in [-0.15, -0.1) is 24.8 Å². The van der Waals surface area contributed by atoms with Gasteiger partial charge in [0.05, 0.1) is 40.3 Å². The molecule has 0 atom stereocenters. The standard InChI is InChI=1S/C26H23Cl2N5O3.2ClH/c1-16-23(12-17-6-3-4-8-21(17)31-16)36-15-19-20(27)9-10-22(25(19)28)33(2)24(34)14-30-26(35)32-18-7-5-11-29-13-18;;/h3-13H,14-15H2,1-2H3,(H2,30,32,35);2*1H. The number of amides is 3. The largest absolute Gasteiger partial charge is 0.487 e. The van der Waals surface area contributed by atoms with Crippen molar-refractivity contribution in [2.24, 2.45) is 0 Å². The molecule has 12 heteroatoms. The number of nitrogens with zero attached hydrogens (tertiary/aromatic N) is 3. The topological polar surface area (TPSA) is 96.5 Å². The molecule has 4 aromatic rings. The predicted molar refractivity (Wildman–Crippen MR) is 156 cm³/mol. The van der Waals surface area contributed by atoms with Crippen molar-refractivity contribution in [1.82, 2.24) is 15.3 Å². The lowest BCUT2D eigenvalue weighted by Gasteiger charge is -2.21. The number of carbonyl (C=O) groups excluding carboxylic acids is 2. The molecule has 0 bridgehead atoms. The third-order valence-corrected chi connectivity index (χ3v) is 6.24. The summed E-state index contributed by atoms with van der Waals surface area (Å²) in [6.45, 7) is 1.71. The van der Waals surface area contributed by atoms with Crippen LogP contribution in [0.3, 0.4) is 0 Å². The molecular weight excluding hydrogens is 572 g/mol. The number of urea groups is 1. The van der Waals surface area contributed by atoms with Gasteiger partial charge >= 0.3 is 6.03 Å². The zero-order chi connectivity index (χ0) is 25.7. The summed E-state index contributed by atoms with van der Waals surface area (Å²) < 4.78 is 6.02. The molecule has 2 aromatic heterocycles. The predicted octanol–water partition coefficient (Wildman–Crippen LogP) is 6.45. The first kappa shape index (κ1) is 30.9. The molecule has 0 aliphatic carbocycles. The minimum Gasteiger partial charge on any atom is -0.487 e. The number of likely N-dealkylation sites (N-methyl/N-ethyl adjacent to an activating group) is 1. The SMILES string of the molecule is Cc1nc2ccccc2cc1OCc1c(Cl)ccc(N(C)C(=O)CNC(=O)Nc2cccnc2)c1Cl.Cl.Cl. The first-order chi connectivity index (χ1) is 17.3. The smallest absolute Gasteiger partial charge is 0.319 e. The second-order valence-electron chi connectivity index (χ2n) is 7.91. The highest BCUT2D eigenvalue weighted by Gasteiger charge is 2.19. The molecule has 8 nitrogen and oxygen atoms in total. The number of hydrogen-bond acceptors (Lipinski definition) is 5. The zero-order valence-electron chi connectivity index (χ0n) is 20.4. The molecule has 0 saturated heterocycles. The second kappa shape index (κ2) is 14.0. The Balaban J connectivity index is 0.00000253. The number of fused-ring (bicyclic) bond motifs is 1. The number of para-hydroxylation sites is 1. The van der Waals surface area contributed by atoms with Gasteiger partial charge in [-0.1, -0.05) is 41.4 Å². The molecule has 0 radical (unpaired) electrons. The van der Waals surface area contributed by atoms with Gasteiger partial charge in [0.2, 0.25) is 5.91 Å². The molecule has 0 fully saturated rings. The van der Waals surface area contributed by atoms with Gasteiger partial charge in [0, 0.05) is 29.2 Å². The quantitative estimate of drug-likeness (QED) is 0.255. The molecule has 0 aliphatic heterocycles. The third kappa shape index (κ3) is 7.39. The van der Waals surface area contributed by atoms with Gasteiger partial charge in [0.15, 0.2) is 0 Å². The van der Waals surface area contributed by atoms with E-state index in [-0.39, 0.29) is 48.9 Å². The molecule has 3 amide bonds. The Morgan fingerprint density at radius 2 is 1.82 bits per heavy atom. The van der Waals surface area contributed by atoms with Crippen molar-refractivity contribution in [3.05, 3.63) is 88.3 Å². The molecule has 2 aromatic carbocycles. The van der Waals surface area contributed by atoms with Gasteiger partial charge < -0.3 is 20.3 Å². The van der Waals surface area contributed by atoms with E-state index >= 15 is 0 Å². The number of rotatable bonds is 7. The molecule has 0 aliphatic rings. The van der Waals surface area contributed by atoms with Gasteiger partial charge in [-0.3, -0.25) is 9.78 Å². The van der Waals surface area contributed by atoms with Crippen molar-refractivity contribution >= 4 is 82.2 Å². The van der Waals surface area contributed by atoms with Crippen molar-refractivity contribution in [2.75, 3.05) is 23.8 Å². The molecule has 4 rings (SSSR count). The Morgan fingerprint density at radius 1 is 1.05 bits per heavy atom. The lowest BCUT2D eigenvalue weighted by atomic mass is 10.1. The average molecular weight is 597 g/mol. The number of carbonyl (C=O) groups is 2. The number of aromatic nitrogens is 2. The van der Waals surface area contributed by atoms with Crippen LogP contribution in [0, 0.1) is 6.92 Å². The average Bonchev–Trinajstić information content (AvgIpc) is 2.87. The molecular formula is C26H25Cl4N5O3. The van der Waals surface area contributed by atoms with Crippen LogP contribution < -0.4 is 20.3 Å². The van der Waals surface area contributed by atoms with Crippen LogP contribution in [-0.4, -0.2) is 35.5 Å². The van der Waals surface area contributed by atoms with Crippen molar-refractivity contribution in [2.45, 2.75) is 13.5 Å². The summed E-state index contributed by atoms with van der Waals surface area (Å²) in [5.41, 5.74) is 3.10. The minimum absolute atomic E-state index is 0. The molecule has 0 unspecified atom stereocenters. The molecule has 2 heterocycles. The van der Waals surface area contributed by atoms with E-state index in [4.69, 9.17) is 27.9 Å². The number of halogens is 4. The van der Waals surface area contributed by atoms with Crippen LogP contribution in [0.5, 0.6) is 5.75 Å². The van der Waals surface area contributed by atoms with Crippen LogP contribution in [0.2, 0.25) is 10.0 Å². The van der Waals surface area contributed by atoms with Crippen molar-refractivity contribution < 1.29 is 14.3 Å². The fourth-order valence-corrected chi connectivity index (χ4v) is 4.09.